The lowest BCUT2D eigenvalue weighted by atomic mass is 9.95. The molecule has 1 atom stereocenters. The van der Waals surface area contributed by atoms with Crippen molar-refractivity contribution in [1.82, 2.24) is 10.0 Å². The predicted octanol–water partition coefficient (Wildman–Crippen LogP) is 1.24. The molecule has 0 spiro atoms. The molecule has 1 unspecified atom stereocenters. The molecular formula is C17H27N3O4S. The SMILES string of the molecule is COc1ccc(C(=O)NC(C)(CN)C2CC2)cc1S(=O)(=O)NC(C)C. The van der Waals surface area contributed by atoms with E-state index in [1.807, 2.05) is 6.92 Å². The highest BCUT2D eigenvalue weighted by molar-refractivity contribution is 7.89. The maximum Gasteiger partial charge on any atom is 0.251 e. The summed E-state index contributed by atoms with van der Waals surface area (Å²) < 4.78 is 32.7. The van der Waals surface area contributed by atoms with Crippen LogP contribution in [0.15, 0.2) is 23.1 Å². The van der Waals surface area contributed by atoms with Gasteiger partial charge in [-0.2, -0.15) is 0 Å². The van der Waals surface area contributed by atoms with E-state index in [1.54, 1.807) is 19.9 Å². The van der Waals surface area contributed by atoms with Gasteiger partial charge in [-0.25, -0.2) is 13.1 Å². The van der Waals surface area contributed by atoms with Crippen molar-refractivity contribution in [3.05, 3.63) is 23.8 Å². The van der Waals surface area contributed by atoms with Crippen molar-refractivity contribution in [2.75, 3.05) is 13.7 Å². The number of carbonyl (C=O) groups excluding carboxylic acids is 1. The summed E-state index contributed by atoms with van der Waals surface area (Å²) in [5, 5.41) is 2.96. The Morgan fingerprint density at radius 2 is 2.04 bits per heavy atom. The lowest BCUT2D eigenvalue weighted by molar-refractivity contribution is 0.0897. The van der Waals surface area contributed by atoms with Gasteiger partial charge >= 0.3 is 0 Å². The Kier molecular flexibility index (Phi) is 5.75. The summed E-state index contributed by atoms with van der Waals surface area (Å²) in [5.41, 5.74) is 5.61. The van der Waals surface area contributed by atoms with E-state index >= 15 is 0 Å². The highest BCUT2D eigenvalue weighted by Gasteiger charge is 2.41. The van der Waals surface area contributed by atoms with E-state index in [-0.39, 0.29) is 28.2 Å². The van der Waals surface area contributed by atoms with Crippen molar-refractivity contribution in [2.45, 2.75) is 50.1 Å². The van der Waals surface area contributed by atoms with E-state index < -0.39 is 15.6 Å². The van der Waals surface area contributed by atoms with Gasteiger partial charge in [-0.1, -0.05) is 0 Å². The molecule has 7 nitrogen and oxygen atoms in total. The van der Waals surface area contributed by atoms with Gasteiger partial charge in [-0.05, 0) is 57.7 Å². The Balaban J connectivity index is 2.33. The zero-order chi connectivity index (χ0) is 18.8. The molecule has 1 fully saturated rings. The molecule has 8 heteroatoms. The first-order valence-electron chi connectivity index (χ1n) is 8.36. The Hall–Kier alpha value is -1.64. The number of methoxy groups -OCH3 is 1. The van der Waals surface area contributed by atoms with Gasteiger partial charge in [-0.3, -0.25) is 4.79 Å². The van der Waals surface area contributed by atoms with Crippen LogP contribution in [0.4, 0.5) is 0 Å². The second-order valence-corrected chi connectivity index (χ2v) is 8.67. The summed E-state index contributed by atoms with van der Waals surface area (Å²) in [4.78, 5) is 12.6. The largest absolute Gasteiger partial charge is 0.495 e. The minimum atomic E-state index is -3.79. The van der Waals surface area contributed by atoms with Crippen LogP contribution in [-0.2, 0) is 10.0 Å². The summed E-state index contributed by atoms with van der Waals surface area (Å²) in [6.45, 7) is 5.70. The third-order valence-corrected chi connectivity index (χ3v) is 6.09. The van der Waals surface area contributed by atoms with Crippen molar-refractivity contribution >= 4 is 15.9 Å². The molecule has 1 aliphatic carbocycles. The smallest absolute Gasteiger partial charge is 0.251 e. The Labute approximate surface area is 149 Å². The molecule has 4 N–H and O–H groups in total. The zero-order valence-corrected chi connectivity index (χ0v) is 15.9. The second kappa shape index (κ2) is 7.31. The first-order valence-corrected chi connectivity index (χ1v) is 9.84. The fourth-order valence-corrected chi connectivity index (χ4v) is 4.22. The molecule has 0 aliphatic heterocycles. The van der Waals surface area contributed by atoms with Crippen LogP contribution in [0.1, 0.15) is 44.0 Å². The third kappa shape index (κ3) is 4.50. The highest BCUT2D eigenvalue weighted by Crippen LogP contribution is 2.39. The van der Waals surface area contributed by atoms with E-state index in [4.69, 9.17) is 10.5 Å². The second-order valence-electron chi connectivity index (χ2n) is 6.99. The van der Waals surface area contributed by atoms with Crippen LogP contribution in [0.2, 0.25) is 0 Å². The molecule has 1 aromatic rings. The van der Waals surface area contributed by atoms with Crippen LogP contribution in [0.3, 0.4) is 0 Å². The fourth-order valence-electron chi connectivity index (χ4n) is 2.77. The van der Waals surface area contributed by atoms with Crippen molar-refractivity contribution in [3.8, 4) is 5.75 Å². The number of ether oxygens (including phenoxy) is 1. The van der Waals surface area contributed by atoms with Gasteiger partial charge in [0, 0.05) is 18.2 Å². The minimum Gasteiger partial charge on any atom is -0.495 e. The predicted molar refractivity (Wildman–Crippen MR) is 96.1 cm³/mol. The topological polar surface area (TPSA) is 111 Å². The minimum absolute atomic E-state index is 0.0581. The molecular weight excluding hydrogens is 342 g/mol. The van der Waals surface area contributed by atoms with Crippen molar-refractivity contribution < 1.29 is 17.9 Å². The van der Waals surface area contributed by atoms with Gasteiger partial charge in [-0.15, -0.1) is 0 Å². The number of hydrogen-bond acceptors (Lipinski definition) is 5. The third-order valence-electron chi connectivity index (χ3n) is 4.41. The normalized spacial score (nSPS) is 17.2. The van der Waals surface area contributed by atoms with E-state index in [9.17, 15) is 13.2 Å². The average Bonchev–Trinajstić information content (AvgIpc) is 3.38. The summed E-state index contributed by atoms with van der Waals surface area (Å²) in [6, 6.07) is 4.10. The summed E-state index contributed by atoms with van der Waals surface area (Å²) >= 11 is 0. The number of benzene rings is 1. The lowest BCUT2D eigenvalue weighted by Gasteiger charge is -2.29. The van der Waals surface area contributed by atoms with Gasteiger partial charge in [0.05, 0.1) is 12.6 Å². The molecule has 140 valence electrons. The molecule has 0 bridgehead atoms. The molecule has 0 heterocycles. The molecule has 1 saturated carbocycles. The lowest BCUT2D eigenvalue weighted by Crippen LogP contribution is -2.53. The Bertz CT molecular complexity index is 744. The number of rotatable bonds is 8. The van der Waals surface area contributed by atoms with Gasteiger partial charge in [0.1, 0.15) is 10.6 Å². The van der Waals surface area contributed by atoms with Crippen LogP contribution in [0.25, 0.3) is 0 Å². The van der Waals surface area contributed by atoms with E-state index in [0.29, 0.717) is 12.5 Å². The van der Waals surface area contributed by atoms with Gasteiger partial charge in [0.25, 0.3) is 5.91 Å². The Morgan fingerprint density at radius 1 is 1.40 bits per heavy atom. The maximum atomic E-state index is 12.6. The summed E-state index contributed by atoms with van der Waals surface area (Å²) in [6.07, 6.45) is 2.07. The maximum absolute atomic E-state index is 12.6. The average molecular weight is 369 g/mol. The number of nitrogens with two attached hydrogens (primary N) is 1. The summed E-state index contributed by atoms with van der Waals surface area (Å²) in [7, 11) is -2.40. The van der Waals surface area contributed by atoms with Crippen molar-refractivity contribution in [3.63, 3.8) is 0 Å². The molecule has 1 aliphatic rings. The monoisotopic (exact) mass is 369 g/mol. The van der Waals surface area contributed by atoms with Crippen LogP contribution in [0, 0.1) is 5.92 Å². The first-order chi connectivity index (χ1) is 11.6. The van der Waals surface area contributed by atoms with Crippen molar-refractivity contribution in [2.24, 2.45) is 11.7 Å². The van der Waals surface area contributed by atoms with Crippen LogP contribution < -0.4 is 20.5 Å². The van der Waals surface area contributed by atoms with Gasteiger partial charge in [0.2, 0.25) is 10.0 Å². The molecule has 25 heavy (non-hydrogen) atoms. The number of carbonyl (C=O) groups is 1. The molecule has 1 amide bonds. The Morgan fingerprint density at radius 3 is 2.52 bits per heavy atom. The van der Waals surface area contributed by atoms with E-state index in [2.05, 4.69) is 10.0 Å². The van der Waals surface area contributed by atoms with E-state index in [0.717, 1.165) is 12.8 Å². The summed E-state index contributed by atoms with van der Waals surface area (Å²) in [5.74, 6) is 0.211. The first kappa shape index (κ1) is 19.7. The number of nitrogens with one attached hydrogen (secondary N) is 2. The molecule has 0 radical (unpaired) electrons. The zero-order valence-electron chi connectivity index (χ0n) is 15.1. The van der Waals surface area contributed by atoms with Crippen LogP contribution in [-0.4, -0.2) is 39.6 Å². The molecule has 0 saturated heterocycles. The van der Waals surface area contributed by atoms with Gasteiger partial charge in [0.15, 0.2) is 0 Å². The molecule has 1 aromatic carbocycles. The number of amides is 1. The van der Waals surface area contributed by atoms with Crippen LogP contribution in [0.5, 0.6) is 5.75 Å². The standard InChI is InChI=1S/C17H27N3O4S/c1-11(2)20-25(22,23)15-9-12(5-8-14(15)24-4)16(21)19-17(3,10-18)13-6-7-13/h5,8-9,11,13,20H,6-7,10,18H2,1-4H3,(H,19,21). The highest BCUT2D eigenvalue weighted by atomic mass is 32.2. The van der Waals surface area contributed by atoms with Crippen LogP contribution >= 0.6 is 0 Å². The van der Waals surface area contributed by atoms with Crippen molar-refractivity contribution in [1.29, 1.82) is 0 Å². The molecule has 2 rings (SSSR count). The number of sulfonamides is 1. The van der Waals surface area contributed by atoms with Gasteiger partial charge < -0.3 is 15.8 Å². The fraction of sp³-hybridized carbons (Fsp3) is 0.588. The van der Waals surface area contributed by atoms with E-state index in [1.165, 1.54) is 19.2 Å². The quantitative estimate of drug-likeness (QED) is 0.638. The number of hydrogen-bond donors (Lipinski definition) is 3. The molecule has 0 aromatic heterocycles.